The minimum atomic E-state index is -0.921. The molecule has 0 radical (unpaired) electrons. The SMILES string of the molecule is COc1ccc2c(c1)[C@@](c1ccccc1)(c1ccc3ccccc3c1)C(=O)N2. The maximum Gasteiger partial charge on any atom is 0.244 e. The maximum absolute atomic E-state index is 13.5. The molecule has 4 aromatic carbocycles. The summed E-state index contributed by atoms with van der Waals surface area (Å²) in [6.07, 6.45) is 0. The van der Waals surface area contributed by atoms with Crippen molar-refractivity contribution in [2.75, 3.05) is 12.4 Å². The quantitative estimate of drug-likeness (QED) is 0.546. The summed E-state index contributed by atoms with van der Waals surface area (Å²) >= 11 is 0. The number of carbonyl (C=O) groups excluding carboxylic acids is 1. The van der Waals surface area contributed by atoms with Gasteiger partial charge in [0.15, 0.2) is 0 Å². The Labute approximate surface area is 163 Å². The van der Waals surface area contributed by atoms with Gasteiger partial charge >= 0.3 is 0 Å². The van der Waals surface area contributed by atoms with Gasteiger partial charge in [-0.1, -0.05) is 66.7 Å². The first-order valence-corrected chi connectivity index (χ1v) is 9.28. The van der Waals surface area contributed by atoms with Crippen molar-refractivity contribution in [2.24, 2.45) is 0 Å². The number of amides is 1. The number of benzene rings is 4. The van der Waals surface area contributed by atoms with Gasteiger partial charge < -0.3 is 10.1 Å². The molecular weight excluding hydrogens is 346 g/mol. The molecule has 4 aromatic rings. The van der Waals surface area contributed by atoms with Crippen molar-refractivity contribution in [3.8, 4) is 5.75 Å². The van der Waals surface area contributed by atoms with Gasteiger partial charge in [-0.25, -0.2) is 0 Å². The zero-order valence-corrected chi connectivity index (χ0v) is 15.5. The highest BCUT2D eigenvalue weighted by Gasteiger charge is 2.49. The van der Waals surface area contributed by atoms with Crippen molar-refractivity contribution in [3.63, 3.8) is 0 Å². The lowest BCUT2D eigenvalue weighted by Gasteiger charge is -2.29. The van der Waals surface area contributed by atoms with Crippen LogP contribution in [0.25, 0.3) is 10.8 Å². The fourth-order valence-electron chi connectivity index (χ4n) is 4.26. The Balaban J connectivity index is 1.87. The first kappa shape index (κ1) is 16.6. The largest absolute Gasteiger partial charge is 0.497 e. The second-order valence-electron chi connectivity index (χ2n) is 7.04. The van der Waals surface area contributed by atoms with E-state index in [1.807, 2.05) is 60.7 Å². The Hall–Kier alpha value is -3.59. The number of fused-ring (bicyclic) bond motifs is 2. The molecule has 1 N–H and O–H groups in total. The van der Waals surface area contributed by atoms with E-state index in [4.69, 9.17) is 4.74 Å². The zero-order valence-electron chi connectivity index (χ0n) is 15.5. The lowest BCUT2D eigenvalue weighted by atomic mass is 9.70. The van der Waals surface area contributed by atoms with Crippen LogP contribution in [0.5, 0.6) is 5.75 Å². The van der Waals surface area contributed by atoms with Gasteiger partial charge in [-0.2, -0.15) is 0 Å². The second kappa shape index (κ2) is 6.24. The molecule has 3 heteroatoms. The fraction of sp³-hybridized carbons (Fsp3) is 0.0800. The second-order valence-corrected chi connectivity index (χ2v) is 7.04. The summed E-state index contributed by atoms with van der Waals surface area (Å²) in [6.45, 7) is 0. The molecule has 0 fully saturated rings. The lowest BCUT2D eigenvalue weighted by Crippen LogP contribution is -2.37. The molecule has 1 atom stereocenters. The van der Waals surface area contributed by atoms with Gasteiger partial charge in [0.2, 0.25) is 5.91 Å². The number of rotatable bonds is 3. The van der Waals surface area contributed by atoms with Crippen LogP contribution in [0, 0.1) is 0 Å². The van der Waals surface area contributed by atoms with Gasteiger partial charge in [-0.05, 0) is 46.2 Å². The van der Waals surface area contributed by atoms with Crippen LogP contribution in [-0.4, -0.2) is 13.0 Å². The average Bonchev–Trinajstić information content (AvgIpc) is 3.05. The summed E-state index contributed by atoms with van der Waals surface area (Å²) in [5, 5.41) is 5.35. The van der Waals surface area contributed by atoms with Crippen LogP contribution in [0.2, 0.25) is 0 Å². The van der Waals surface area contributed by atoms with E-state index < -0.39 is 5.41 Å². The monoisotopic (exact) mass is 365 g/mol. The molecule has 1 aliphatic rings. The molecular formula is C25H19NO2. The number of hydrogen-bond acceptors (Lipinski definition) is 2. The first-order chi connectivity index (χ1) is 13.7. The average molecular weight is 365 g/mol. The molecule has 136 valence electrons. The highest BCUT2D eigenvalue weighted by atomic mass is 16.5. The smallest absolute Gasteiger partial charge is 0.244 e. The number of ether oxygens (including phenoxy) is 1. The summed E-state index contributed by atoms with van der Waals surface area (Å²) in [5.74, 6) is 0.688. The van der Waals surface area contributed by atoms with Crippen molar-refractivity contribution >= 4 is 22.4 Å². The van der Waals surface area contributed by atoms with Gasteiger partial charge in [0.05, 0.1) is 7.11 Å². The molecule has 28 heavy (non-hydrogen) atoms. The molecule has 0 aliphatic carbocycles. The normalized spacial score (nSPS) is 18.0. The molecule has 0 aromatic heterocycles. The van der Waals surface area contributed by atoms with Crippen LogP contribution in [0.15, 0.2) is 91.0 Å². The van der Waals surface area contributed by atoms with E-state index in [1.165, 1.54) is 0 Å². The summed E-state index contributed by atoms with van der Waals surface area (Å²) in [4.78, 5) is 13.5. The Morgan fingerprint density at radius 1 is 0.750 bits per heavy atom. The van der Waals surface area contributed by atoms with Gasteiger partial charge in [-0.15, -0.1) is 0 Å². The Bertz CT molecular complexity index is 1200. The van der Waals surface area contributed by atoms with Gasteiger partial charge in [-0.3, -0.25) is 4.79 Å². The molecule has 1 aliphatic heterocycles. The standard InChI is InChI=1S/C25H19NO2/c1-28-21-13-14-23-22(16-21)25(24(27)26-23,19-9-3-2-4-10-19)20-12-11-17-7-5-6-8-18(17)15-20/h2-16H,1H3,(H,26,27)/t25-/m1/s1. The predicted molar refractivity (Wildman–Crippen MR) is 112 cm³/mol. The lowest BCUT2D eigenvalue weighted by molar-refractivity contribution is -0.118. The van der Waals surface area contributed by atoms with Gasteiger partial charge in [0, 0.05) is 11.3 Å². The molecule has 1 amide bonds. The van der Waals surface area contributed by atoms with Crippen molar-refractivity contribution in [1.29, 1.82) is 0 Å². The highest BCUT2D eigenvalue weighted by molar-refractivity contribution is 6.12. The summed E-state index contributed by atoms with van der Waals surface area (Å²) in [5.41, 5.74) is 2.70. The van der Waals surface area contributed by atoms with Crippen LogP contribution >= 0.6 is 0 Å². The van der Waals surface area contributed by atoms with E-state index in [0.29, 0.717) is 0 Å². The van der Waals surface area contributed by atoms with E-state index in [0.717, 1.165) is 38.9 Å². The van der Waals surface area contributed by atoms with E-state index >= 15 is 0 Å². The van der Waals surface area contributed by atoms with Gasteiger partial charge in [0.25, 0.3) is 0 Å². The van der Waals surface area contributed by atoms with E-state index in [9.17, 15) is 4.79 Å². The molecule has 0 bridgehead atoms. The third-order valence-corrected chi connectivity index (χ3v) is 5.61. The summed E-state index contributed by atoms with van der Waals surface area (Å²) < 4.78 is 5.47. The molecule has 0 saturated carbocycles. The molecule has 0 spiro atoms. The third-order valence-electron chi connectivity index (χ3n) is 5.61. The third kappa shape index (κ3) is 2.26. The van der Waals surface area contributed by atoms with E-state index in [-0.39, 0.29) is 5.91 Å². The van der Waals surface area contributed by atoms with Crippen LogP contribution in [0.1, 0.15) is 16.7 Å². The number of carbonyl (C=O) groups is 1. The van der Waals surface area contributed by atoms with Crippen molar-refractivity contribution in [2.45, 2.75) is 5.41 Å². The molecule has 5 rings (SSSR count). The van der Waals surface area contributed by atoms with Crippen molar-refractivity contribution in [3.05, 3.63) is 108 Å². The van der Waals surface area contributed by atoms with Crippen LogP contribution in [-0.2, 0) is 10.2 Å². The van der Waals surface area contributed by atoms with E-state index in [2.05, 4.69) is 35.6 Å². The van der Waals surface area contributed by atoms with Gasteiger partial charge in [0.1, 0.15) is 11.2 Å². The number of anilines is 1. The molecule has 1 heterocycles. The van der Waals surface area contributed by atoms with Crippen LogP contribution in [0.4, 0.5) is 5.69 Å². The van der Waals surface area contributed by atoms with Crippen molar-refractivity contribution in [1.82, 2.24) is 0 Å². The molecule has 0 saturated heterocycles. The predicted octanol–water partition coefficient (Wildman–Crippen LogP) is 5.13. The molecule has 3 nitrogen and oxygen atoms in total. The van der Waals surface area contributed by atoms with E-state index in [1.54, 1.807) is 7.11 Å². The number of nitrogens with one attached hydrogen (secondary N) is 1. The van der Waals surface area contributed by atoms with Crippen molar-refractivity contribution < 1.29 is 9.53 Å². The fourth-order valence-corrected chi connectivity index (χ4v) is 4.26. The molecule has 0 unspecified atom stereocenters. The Morgan fingerprint density at radius 2 is 1.50 bits per heavy atom. The number of methoxy groups -OCH3 is 1. The minimum Gasteiger partial charge on any atom is -0.497 e. The topological polar surface area (TPSA) is 38.3 Å². The highest BCUT2D eigenvalue weighted by Crippen LogP contribution is 2.49. The van der Waals surface area contributed by atoms with Crippen LogP contribution in [0.3, 0.4) is 0 Å². The first-order valence-electron chi connectivity index (χ1n) is 9.28. The van der Waals surface area contributed by atoms with Crippen LogP contribution < -0.4 is 10.1 Å². The summed E-state index contributed by atoms with van der Waals surface area (Å²) in [6, 6.07) is 30.2. The Kier molecular flexibility index (Phi) is 3.69. The number of hydrogen-bond donors (Lipinski definition) is 1. The Morgan fingerprint density at radius 3 is 2.29 bits per heavy atom. The maximum atomic E-state index is 13.5. The summed E-state index contributed by atoms with van der Waals surface area (Å²) in [7, 11) is 1.64. The zero-order chi connectivity index (χ0) is 19.1. The minimum absolute atomic E-state index is 0.0442.